The molecular formula is C15H22N2. The second-order valence-electron chi connectivity index (χ2n) is 3.09. The highest BCUT2D eigenvalue weighted by molar-refractivity contribution is 6.06. The first-order valence-electron chi connectivity index (χ1n) is 6.25. The number of pyridine rings is 1. The topological polar surface area (TPSA) is 28.7 Å². The molecule has 2 heteroatoms. The molecule has 92 valence electrons. The zero-order chi connectivity index (χ0) is 12.7. The maximum Gasteiger partial charge on any atom is 0.0495 e. The molecule has 17 heavy (non-hydrogen) atoms. The standard InChI is InChI=1S/C11H8N2.2C2H6.H2/c1-2-4-10-8(3-1)9-7-12-6-5-11(9)13-10;2*1-2;/h1-7,13H;2*1-2H3;1H. The highest BCUT2D eigenvalue weighted by atomic mass is 14.7. The SMILES string of the molecule is CC.CC.[HH].c1ccc2c(c1)[nH]c1ccncc12. The number of hydrogen-bond acceptors (Lipinski definition) is 1. The van der Waals surface area contributed by atoms with Crippen molar-refractivity contribution in [1.29, 1.82) is 0 Å². The van der Waals surface area contributed by atoms with Gasteiger partial charge < -0.3 is 4.98 Å². The summed E-state index contributed by atoms with van der Waals surface area (Å²) in [5.41, 5.74) is 2.32. The van der Waals surface area contributed by atoms with Gasteiger partial charge in [0.25, 0.3) is 0 Å². The second-order valence-corrected chi connectivity index (χ2v) is 3.09. The molecule has 0 amide bonds. The lowest BCUT2D eigenvalue weighted by molar-refractivity contribution is 1.36. The van der Waals surface area contributed by atoms with Crippen LogP contribution in [0, 0.1) is 0 Å². The summed E-state index contributed by atoms with van der Waals surface area (Å²) in [6.45, 7) is 8.00. The van der Waals surface area contributed by atoms with Crippen LogP contribution in [0.5, 0.6) is 0 Å². The number of fused-ring (bicyclic) bond motifs is 3. The Morgan fingerprint density at radius 2 is 1.53 bits per heavy atom. The molecule has 0 aliphatic heterocycles. The van der Waals surface area contributed by atoms with Crippen molar-refractivity contribution in [1.82, 2.24) is 9.97 Å². The monoisotopic (exact) mass is 230 g/mol. The van der Waals surface area contributed by atoms with E-state index in [0.29, 0.717) is 0 Å². The fraction of sp³-hybridized carbons (Fsp3) is 0.267. The Hall–Kier alpha value is -1.83. The molecule has 0 atom stereocenters. The van der Waals surface area contributed by atoms with Gasteiger partial charge in [-0.05, 0) is 12.1 Å². The molecule has 0 saturated heterocycles. The van der Waals surface area contributed by atoms with Gasteiger partial charge in [-0.2, -0.15) is 0 Å². The van der Waals surface area contributed by atoms with Crippen molar-refractivity contribution in [3.63, 3.8) is 0 Å². The molecule has 0 spiro atoms. The molecule has 0 bridgehead atoms. The predicted octanol–water partition coefficient (Wildman–Crippen LogP) is 5.01. The summed E-state index contributed by atoms with van der Waals surface area (Å²) in [6.07, 6.45) is 3.70. The van der Waals surface area contributed by atoms with E-state index in [2.05, 4.69) is 22.1 Å². The van der Waals surface area contributed by atoms with Crippen LogP contribution >= 0.6 is 0 Å². The number of nitrogens with zero attached hydrogens (tertiary/aromatic N) is 1. The number of hydrogen-bond donors (Lipinski definition) is 1. The third kappa shape index (κ3) is 2.64. The van der Waals surface area contributed by atoms with Crippen LogP contribution in [-0.4, -0.2) is 9.97 Å². The second kappa shape index (κ2) is 6.69. The van der Waals surface area contributed by atoms with Gasteiger partial charge >= 0.3 is 0 Å². The molecule has 3 rings (SSSR count). The lowest BCUT2D eigenvalue weighted by Crippen LogP contribution is -1.68. The van der Waals surface area contributed by atoms with Crippen molar-refractivity contribution in [3.05, 3.63) is 42.7 Å². The molecule has 0 aliphatic rings. The maximum atomic E-state index is 4.12. The molecule has 1 aromatic carbocycles. The van der Waals surface area contributed by atoms with Crippen LogP contribution in [0.3, 0.4) is 0 Å². The van der Waals surface area contributed by atoms with E-state index < -0.39 is 0 Å². The summed E-state index contributed by atoms with van der Waals surface area (Å²) in [7, 11) is 0. The summed E-state index contributed by atoms with van der Waals surface area (Å²) in [6, 6.07) is 10.3. The highest BCUT2D eigenvalue weighted by Gasteiger charge is 2.00. The largest absolute Gasteiger partial charge is 0.354 e. The van der Waals surface area contributed by atoms with Crippen molar-refractivity contribution in [2.45, 2.75) is 27.7 Å². The molecule has 0 radical (unpaired) electrons. The van der Waals surface area contributed by atoms with E-state index in [-0.39, 0.29) is 1.43 Å². The van der Waals surface area contributed by atoms with E-state index in [1.54, 1.807) is 6.20 Å². The van der Waals surface area contributed by atoms with Crippen LogP contribution in [-0.2, 0) is 0 Å². The van der Waals surface area contributed by atoms with Gasteiger partial charge in [0, 0.05) is 35.6 Å². The van der Waals surface area contributed by atoms with E-state index in [1.165, 1.54) is 16.3 Å². The average molecular weight is 230 g/mol. The van der Waals surface area contributed by atoms with Gasteiger partial charge in [-0.15, -0.1) is 0 Å². The molecule has 0 fully saturated rings. The van der Waals surface area contributed by atoms with E-state index in [1.807, 2.05) is 52.1 Å². The van der Waals surface area contributed by atoms with Crippen LogP contribution < -0.4 is 0 Å². The molecular weight excluding hydrogens is 208 g/mol. The molecule has 2 aromatic heterocycles. The Bertz CT molecular complexity index is 522. The van der Waals surface area contributed by atoms with E-state index in [4.69, 9.17) is 0 Å². The molecule has 0 aliphatic carbocycles. The van der Waals surface area contributed by atoms with Gasteiger partial charge in [0.05, 0.1) is 0 Å². The number of para-hydroxylation sites is 1. The number of nitrogens with one attached hydrogen (secondary N) is 1. The zero-order valence-corrected chi connectivity index (χ0v) is 11.0. The molecule has 0 unspecified atom stereocenters. The van der Waals surface area contributed by atoms with Crippen LogP contribution in [0.1, 0.15) is 29.1 Å². The van der Waals surface area contributed by atoms with Crippen molar-refractivity contribution >= 4 is 21.8 Å². The summed E-state index contributed by atoms with van der Waals surface area (Å²) in [4.78, 5) is 7.45. The van der Waals surface area contributed by atoms with Gasteiger partial charge in [-0.25, -0.2) is 0 Å². The number of H-pyrrole nitrogens is 1. The van der Waals surface area contributed by atoms with Gasteiger partial charge in [0.1, 0.15) is 0 Å². The minimum absolute atomic E-state index is 0. The molecule has 2 heterocycles. The first kappa shape index (κ1) is 13.2. The van der Waals surface area contributed by atoms with Crippen LogP contribution in [0.2, 0.25) is 0 Å². The maximum absolute atomic E-state index is 4.12. The molecule has 0 saturated carbocycles. The quantitative estimate of drug-likeness (QED) is 0.577. The summed E-state index contributed by atoms with van der Waals surface area (Å²) >= 11 is 0. The molecule has 1 N–H and O–H groups in total. The van der Waals surface area contributed by atoms with Crippen molar-refractivity contribution in [3.8, 4) is 0 Å². The van der Waals surface area contributed by atoms with Gasteiger partial charge in [-0.1, -0.05) is 45.9 Å². The van der Waals surface area contributed by atoms with Gasteiger partial charge in [0.2, 0.25) is 0 Å². The smallest absolute Gasteiger partial charge is 0.0495 e. The Morgan fingerprint density at radius 1 is 0.882 bits per heavy atom. The average Bonchev–Trinajstić information content (AvgIpc) is 2.82. The van der Waals surface area contributed by atoms with Crippen molar-refractivity contribution < 1.29 is 1.43 Å². The first-order valence-corrected chi connectivity index (χ1v) is 6.25. The zero-order valence-electron chi connectivity index (χ0n) is 11.0. The lowest BCUT2D eigenvalue weighted by atomic mass is 10.2. The number of rotatable bonds is 0. The number of aromatic amines is 1. The third-order valence-electron chi connectivity index (χ3n) is 2.31. The highest BCUT2D eigenvalue weighted by Crippen LogP contribution is 2.23. The minimum Gasteiger partial charge on any atom is -0.354 e. The van der Waals surface area contributed by atoms with E-state index in [9.17, 15) is 0 Å². The number of benzene rings is 1. The minimum atomic E-state index is 0. The Labute approximate surface area is 104 Å². The summed E-state index contributed by atoms with van der Waals surface area (Å²) in [5.74, 6) is 0. The molecule has 3 aromatic rings. The van der Waals surface area contributed by atoms with Gasteiger partial charge in [-0.3, -0.25) is 4.98 Å². The van der Waals surface area contributed by atoms with Crippen molar-refractivity contribution in [2.75, 3.05) is 0 Å². The Kier molecular flexibility index (Phi) is 5.21. The molecule has 2 nitrogen and oxygen atoms in total. The Balaban J connectivity index is 0.000000531. The summed E-state index contributed by atoms with van der Waals surface area (Å²) < 4.78 is 0. The van der Waals surface area contributed by atoms with Crippen LogP contribution in [0.4, 0.5) is 0 Å². The van der Waals surface area contributed by atoms with E-state index in [0.717, 1.165) is 5.52 Å². The van der Waals surface area contributed by atoms with E-state index >= 15 is 0 Å². The number of aromatic nitrogens is 2. The van der Waals surface area contributed by atoms with Gasteiger partial charge in [0.15, 0.2) is 0 Å². The van der Waals surface area contributed by atoms with Crippen LogP contribution in [0.15, 0.2) is 42.7 Å². The lowest BCUT2D eigenvalue weighted by Gasteiger charge is -1.87. The van der Waals surface area contributed by atoms with Crippen LogP contribution in [0.25, 0.3) is 21.8 Å². The third-order valence-corrected chi connectivity index (χ3v) is 2.31. The fourth-order valence-corrected chi connectivity index (χ4v) is 1.69. The van der Waals surface area contributed by atoms with Crippen molar-refractivity contribution in [2.24, 2.45) is 0 Å². The predicted molar refractivity (Wildman–Crippen MR) is 78.4 cm³/mol. The normalized spacial score (nSPS) is 9.18. The fourth-order valence-electron chi connectivity index (χ4n) is 1.69. The Morgan fingerprint density at radius 3 is 2.29 bits per heavy atom. The summed E-state index contributed by atoms with van der Waals surface area (Å²) in [5, 5.41) is 2.43. The first-order chi connectivity index (χ1) is 8.45.